The van der Waals surface area contributed by atoms with Crippen LogP contribution in [0.15, 0.2) is 18.2 Å². The summed E-state index contributed by atoms with van der Waals surface area (Å²) in [5.41, 5.74) is 2.88. The van der Waals surface area contributed by atoms with Gasteiger partial charge in [0.1, 0.15) is 5.82 Å². The van der Waals surface area contributed by atoms with E-state index in [2.05, 4.69) is 40.7 Å². The number of amides is 1. The van der Waals surface area contributed by atoms with E-state index >= 15 is 0 Å². The van der Waals surface area contributed by atoms with E-state index in [0.717, 1.165) is 68.1 Å². The molecule has 1 aliphatic rings. The number of anilines is 1. The first-order valence-electron chi connectivity index (χ1n) is 9.23. The summed E-state index contributed by atoms with van der Waals surface area (Å²) in [6, 6.07) is 5.99. The molecule has 2 aromatic rings. The third-order valence-electron chi connectivity index (χ3n) is 4.98. The van der Waals surface area contributed by atoms with Gasteiger partial charge in [-0.1, -0.05) is 13.3 Å². The van der Waals surface area contributed by atoms with Gasteiger partial charge in [-0.05, 0) is 31.7 Å². The van der Waals surface area contributed by atoms with Gasteiger partial charge in [0.15, 0.2) is 0 Å². The van der Waals surface area contributed by atoms with Gasteiger partial charge in [-0.3, -0.25) is 9.69 Å². The van der Waals surface area contributed by atoms with E-state index in [1.54, 1.807) is 0 Å². The van der Waals surface area contributed by atoms with Crippen molar-refractivity contribution >= 4 is 22.6 Å². The number of imidazole rings is 1. The Hall–Kier alpha value is -1.92. The van der Waals surface area contributed by atoms with Gasteiger partial charge in [-0.15, -0.1) is 0 Å². The minimum Gasteiger partial charge on any atom is -0.330 e. The van der Waals surface area contributed by atoms with Gasteiger partial charge in [0.05, 0.1) is 17.6 Å². The molecule has 25 heavy (non-hydrogen) atoms. The monoisotopic (exact) mass is 343 g/mol. The van der Waals surface area contributed by atoms with Gasteiger partial charge in [-0.25, -0.2) is 4.98 Å². The summed E-state index contributed by atoms with van der Waals surface area (Å²) >= 11 is 0. The van der Waals surface area contributed by atoms with Gasteiger partial charge >= 0.3 is 0 Å². The zero-order valence-electron chi connectivity index (χ0n) is 15.6. The van der Waals surface area contributed by atoms with Crippen molar-refractivity contribution in [2.45, 2.75) is 32.7 Å². The average molecular weight is 343 g/mol. The number of likely N-dealkylation sites (N-methyl/N-ethyl adjacent to an activating group) is 1. The maximum Gasteiger partial charge on any atom is 0.224 e. The van der Waals surface area contributed by atoms with E-state index in [9.17, 15) is 4.79 Å². The summed E-state index contributed by atoms with van der Waals surface area (Å²) in [5.74, 6) is 1.16. The van der Waals surface area contributed by atoms with Crippen LogP contribution >= 0.6 is 0 Å². The molecule has 6 nitrogen and oxygen atoms in total. The molecule has 1 aromatic carbocycles. The Kier molecular flexibility index (Phi) is 5.71. The van der Waals surface area contributed by atoms with Gasteiger partial charge in [0.25, 0.3) is 0 Å². The highest BCUT2D eigenvalue weighted by Crippen LogP contribution is 2.21. The lowest BCUT2D eigenvalue weighted by Gasteiger charge is -2.31. The molecule has 0 radical (unpaired) electrons. The van der Waals surface area contributed by atoms with Crippen molar-refractivity contribution in [2.75, 3.05) is 38.5 Å². The maximum atomic E-state index is 11.9. The molecule has 136 valence electrons. The molecule has 6 heteroatoms. The number of benzene rings is 1. The number of carbonyl (C=O) groups is 1. The number of carbonyl (C=O) groups excluding carboxylic acids is 1. The molecule has 1 amide bonds. The summed E-state index contributed by atoms with van der Waals surface area (Å²) in [6.45, 7) is 7.35. The van der Waals surface area contributed by atoms with Gasteiger partial charge in [0.2, 0.25) is 5.91 Å². The van der Waals surface area contributed by atoms with Crippen molar-refractivity contribution in [1.82, 2.24) is 19.4 Å². The highest BCUT2D eigenvalue weighted by atomic mass is 16.1. The fraction of sp³-hybridized carbons (Fsp3) is 0.579. The fourth-order valence-corrected chi connectivity index (χ4v) is 3.24. The first kappa shape index (κ1) is 17.9. The zero-order chi connectivity index (χ0) is 17.8. The minimum atomic E-state index is 0.0785. The molecule has 0 bridgehead atoms. The first-order valence-corrected chi connectivity index (χ1v) is 9.23. The molecule has 0 aliphatic carbocycles. The molecule has 0 spiro atoms. The van der Waals surface area contributed by atoms with Crippen LogP contribution in [0.5, 0.6) is 0 Å². The normalized spacial score (nSPS) is 16.4. The van der Waals surface area contributed by atoms with E-state index in [4.69, 9.17) is 4.98 Å². The molecule has 0 unspecified atom stereocenters. The van der Waals surface area contributed by atoms with E-state index in [1.807, 2.05) is 18.2 Å². The number of fused-ring (bicyclic) bond motifs is 1. The van der Waals surface area contributed by atoms with Crippen LogP contribution < -0.4 is 5.32 Å². The Bertz CT molecular complexity index is 731. The molecule has 1 aromatic heterocycles. The van der Waals surface area contributed by atoms with Crippen LogP contribution in [0.4, 0.5) is 5.69 Å². The molecular formula is C19H29N5O. The number of aryl methyl sites for hydroxylation is 1. The number of rotatable bonds is 6. The Labute approximate surface area is 149 Å². The molecule has 1 N–H and O–H groups in total. The standard InChI is InChI=1S/C19H29N5O/c1-4-5-6-19(25)20-15-7-8-17-16(13-15)21-18(23(17)3)14-24-11-9-22(2)10-12-24/h7-8,13H,4-6,9-12,14H2,1-3H3,(H,20,25). The largest absolute Gasteiger partial charge is 0.330 e. The van der Waals surface area contributed by atoms with Crippen LogP contribution in [-0.2, 0) is 18.4 Å². The third-order valence-corrected chi connectivity index (χ3v) is 4.98. The first-order chi connectivity index (χ1) is 12.1. The SMILES string of the molecule is CCCCC(=O)Nc1ccc2c(c1)nc(CN1CCN(C)CC1)n2C. The summed E-state index contributed by atoms with van der Waals surface area (Å²) < 4.78 is 2.16. The molecule has 0 saturated carbocycles. The summed E-state index contributed by atoms with van der Waals surface area (Å²) in [7, 11) is 4.24. The molecule has 1 saturated heterocycles. The maximum absolute atomic E-state index is 11.9. The van der Waals surface area contributed by atoms with Gasteiger partial charge in [0, 0.05) is 45.3 Å². The molecule has 1 fully saturated rings. The molecule has 3 rings (SSSR count). The summed E-state index contributed by atoms with van der Waals surface area (Å²) in [4.78, 5) is 21.5. The Morgan fingerprint density at radius 1 is 1.20 bits per heavy atom. The quantitative estimate of drug-likeness (QED) is 0.875. The second-order valence-electron chi connectivity index (χ2n) is 7.02. The third kappa shape index (κ3) is 4.38. The molecule has 0 atom stereocenters. The number of hydrogen-bond donors (Lipinski definition) is 1. The number of aromatic nitrogens is 2. The summed E-state index contributed by atoms with van der Waals surface area (Å²) in [5, 5.41) is 2.98. The lowest BCUT2D eigenvalue weighted by Crippen LogP contribution is -2.44. The van der Waals surface area contributed by atoms with Crippen LogP contribution in [-0.4, -0.2) is 58.5 Å². The Morgan fingerprint density at radius 2 is 1.96 bits per heavy atom. The smallest absolute Gasteiger partial charge is 0.224 e. The molecule has 1 aliphatic heterocycles. The predicted molar refractivity (Wildman–Crippen MR) is 102 cm³/mol. The van der Waals surface area contributed by atoms with Crippen LogP contribution in [0.3, 0.4) is 0 Å². The molecular weight excluding hydrogens is 314 g/mol. The van der Waals surface area contributed by atoms with Crippen molar-refractivity contribution in [2.24, 2.45) is 7.05 Å². The van der Waals surface area contributed by atoms with Crippen molar-refractivity contribution in [3.05, 3.63) is 24.0 Å². The van der Waals surface area contributed by atoms with Crippen LogP contribution in [0.1, 0.15) is 32.0 Å². The Morgan fingerprint density at radius 3 is 2.68 bits per heavy atom. The van der Waals surface area contributed by atoms with Gasteiger partial charge in [-0.2, -0.15) is 0 Å². The van der Waals surface area contributed by atoms with Crippen molar-refractivity contribution in [1.29, 1.82) is 0 Å². The number of nitrogens with zero attached hydrogens (tertiary/aromatic N) is 4. The van der Waals surface area contributed by atoms with E-state index < -0.39 is 0 Å². The lowest BCUT2D eigenvalue weighted by molar-refractivity contribution is -0.116. The highest BCUT2D eigenvalue weighted by molar-refractivity contribution is 5.93. The lowest BCUT2D eigenvalue weighted by atomic mass is 10.2. The van der Waals surface area contributed by atoms with Gasteiger partial charge < -0.3 is 14.8 Å². The van der Waals surface area contributed by atoms with Crippen molar-refractivity contribution < 1.29 is 4.79 Å². The number of unbranched alkanes of at least 4 members (excludes halogenated alkanes) is 1. The summed E-state index contributed by atoms with van der Waals surface area (Å²) in [6.07, 6.45) is 2.53. The zero-order valence-corrected chi connectivity index (χ0v) is 15.6. The second-order valence-corrected chi connectivity index (χ2v) is 7.02. The predicted octanol–water partition coefficient (Wildman–Crippen LogP) is 2.45. The second kappa shape index (κ2) is 7.97. The number of piperazine rings is 1. The van der Waals surface area contributed by atoms with E-state index in [1.165, 1.54) is 0 Å². The number of hydrogen-bond acceptors (Lipinski definition) is 4. The number of nitrogens with one attached hydrogen (secondary N) is 1. The van der Waals surface area contributed by atoms with Crippen molar-refractivity contribution in [3.8, 4) is 0 Å². The van der Waals surface area contributed by atoms with Crippen LogP contribution in [0, 0.1) is 0 Å². The van der Waals surface area contributed by atoms with E-state index in [-0.39, 0.29) is 5.91 Å². The molecule has 2 heterocycles. The highest BCUT2D eigenvalue weighted by Gasteiger charge is 2.17. The average Bonchev–Trinajstić information content (AvgIpc) is 2.90. The Balaban J connectivity index is 1.71. The van der Waals surface area contributed by atoms with Crippen LogP contribution in [0.2, 0.25) is 0 Å². The van der Waals surface area contributed by atoms with Crippen molar-refractivity contribution in [3.63, 3.8) is 0 Å². The fourth-order valence-electron chi connectivity index (χ4n) is 3.24. The minimum absolute atomic E-state index is 0.0785. The van der Waals surface area contributed by atoms with Crippen LogP contribution in [0.25, 0.3) is 11.0 Å². The van der Waals surface area contributed by atoms with E-state index in [0.29, 0.717) is 6.42 Å². The topological polar surface area (TPSA) is 53.4 Å².